The lowest BCUT2D eigenvalue weighted by atomic mass is 10.1. The van der Waals surface area contributed by atoms with Gasteiger partial charge in [-0.2, -0.15) is 0 Å². The van der Waals surface area contributed by atoms with Crippen molar-refractivity contribution in [1.29, 1.82) is 0 Å². The minimum atomic E-state index is -0.462. The summed E-state index contributed by atoms with van der Waals surface area (Å²) in [5, 5.41) is 7.76. The van der Waals surface area contributed by atoms with Crippen molar-refractivity contribution in [2.75, 3.05) is 13.1 Å². The first-order valence-electron chi connectivity index (χ1n) is 7.51. The lowest BCUT2D eigenvalue weighted by Gasteiger charge is -2.23. The van der Waals surface area contributed by atoms with E-state index in [4.69, 9.17) is 16.3 Å². The van der Waals surface area contributed by atoms with E-state index in [-0.39, 0.29) is 18.2 Å². The normalized spacial score (nSPS) is 15.6. The molecule has 0 radical (unpaired) electrons. The molecule has 122 valence electrons. The third-order valence-corrected chi connectivity index (χ3v) is 3.99. The highest BCUT2D eigenvalue weighted by Gasteiger charge is 2.15. The van der Waals surface area contributed by atoms with E-state index in [1.807, 2.05) is 0 Å². The number of rotatable bonds is 4. The van der Waals surface area contributed by atoms with Gasteiger partial charge in [-0.25, -0.2) is 9.07 Å². The van der Waals surface area contributed by atoms with Crippen molar-refractivity contribution in [2.24, 2.45) is 0 Å². The zero-order valence-electron chi connectivity index (χ0n) is 12.5. The van der Waals surface area contributed by atoms with Gasteiger partial charge in [0.1, 0.15) is 11.9 Å². The zero-order chi connectivity index (χ0) is 16.2. The third-order valence-electron chi connectivity index (χ3n) is 3.75. The molecule has 23 heavy (non-hydrogen) atoms. The Labute approximate surface area is 138 Å². The molecule has 0 amide bonds. The van der Waals surface area contributed by atoms with E-state index in [1.54, 1.807) is 18.2 Å². The first kappa shape index (κ1) is 16.0. The Morgan fingerprint density at radius 2 is 2.09 bits per heavy atom. The van der Waals surface area contributed by atoms with E-state index in [0.29, 0.717) is 16.5 Å². The summed E-state index contributed by atoms with van der Waals surface area (Å²) in [7, 11) is 0. The van der Waals surface area contributed by atoms with E-state index >= 15 is 0 Å². The molecule has 0 atom stereocenters. The Bertz CT molecular complexity index is 744. The molecule has 0 saturated carbocycles. The number of hydrogen-bond donors (Lipinski definition) is 1. The molecule has 1 saturated heterocycles. The van der Waals surface area contributed by atoms with Crippen LogP contribution >= 0.6 is 11.6 Å². The molecule has 2 aromatic rings. The SMILES string of the molecule is O=c1ccc(OC2CCNCC2)nn1Cc1ccc(Cl)cc1F. The Hall–Kier alpha value is -1.92. The molecule has 0 unspecified atom stereocenters. The van der Waals surface area contributed by atoms with Crippen LogP contribution in [-0.4, -0.2) is 29.0 Å². The summed E-state index contributed by atoms with van der Waals surface area (Å²) in [6.45, 7) is 1.84. The third kappa shape index (κ3) is 4.09. The number of hydrogen-bond acceptors (Lipinski definition) is 4. The van der Waals surface area contributed by atoms with Crippen molar-refractivity contribution in [1.82, 2.24) is 15.1 Å². The van der Waals surface area contributed by atoms with Crippen molar-refractivity contribution in [3.63, 3.8) is 0 Å². The monoisotopic (exact) mass is 337 g/mol. The molecule has 3 rings (SSSR count). The molecule has 0 bridgehead atoms. The maximum absolute atomic E-state index is 13.9. The number of benzene rings is 1. The molecule has 1 aliphatic rings. The summed E-state index contributed by atoms with van der Waals surface area (Å²) in [5.41, 5.74) is 0.0417. The van der Waals surface area contributed by atoms with E-state index < -0.39 is 5.82 Å². The van der Waals surface area contributed by atoms with Crippen LogP contribution < -0.4 is 15.6 Å². The van der Waals surface area contributed by atoms with Gasteiger partial charge in [-0.15, -0.1) is 5.10 Å². The topological polar surface area (TPSA) is 56.1 Å². The molecule has 1 aliphatic heterocycles. The summed E-state index contributed by atoms with van der Waals surface area (Å²) in [4.78, 5) is 11.9. The highest BCUT2D eigenvalue weighted by Crippen LogP contribution is 2.16. The van der Waals surface area contributed by atoms with Gasteiger partial charge in [-0.1, -0.05) is 17.7 Å². The molecule has 1 N–H and O–H groups in total. The largest absolute Gasteiger partial charge is 0.473 e. The van der Waals surface area contributed by atoms with Crippen molar-refractivity contribution in [3.8, 4) is 5.88 Å². The lowest BCUT2D eigenvalue weighted by molar-refractivity contribution is 0.152. The number of aromatic nitrogens is 2. The van der Waals surface area contributed by atoms with Crippen molar-refractivity contribution < 1.29 is 9.13 Å². The maximum atomic E-state index is 13.9. The van der Waals surface area contributed by atoms with Gasteiger partial charge in [0.25, 0.3) is 5.56 Å². The average Bonchev–Trinajstić information content (AvgIpc) is 2.54. The first-order valence-corrected chi connectivity index (χ1v) is 7.89. The second-order valence-electron chi connectivity index (χ2n) is 5.47. The van der Waals surface area contributed by atoms with Crippen LogP contribution in [0.25, 0.3) is 0 Å². The predicted octanol–water partition coefficient (Wildman–Crippen LogP) is 2.21. The lowest BCUT2D eigenvalue weighted by Crippen LogP contribution is -2.34. The molecule has 1 aromatic heterocycles. The van der Waals surface area contributed by atoms with Gasteiger partial charge < -0.3 is 10.1 Å². The van der Waals surface area contributed by atoms with Gasteiger partial charge in [0, 0.05) is 22.7 Å². The first-order chi connectivity index (χ1) is 11.1. The number of halogens is 2. The summed E-state index contributed by atoms with van der Waals surface area (Å²) in [6, 6.07) is 7.29. The van der Waals surface area contributed by atoms with Crippen molar-refractivity contribution in [2.45, 2.75) is 25.5 Å². The summed E-state index contributed by atoms with van der Waals surface area (Å²) >= 11 is 5.74. The van der Waals surface area contributed by atoms with E-state index in [2.05, 4.69) is 10.4 Å². The minimum absolute atomic E-state index is 0.0330. The zero-order valence-corrected chi connectivity index (χ0v) is 13.2. The van der Waals surface area contributed by atoms with E-state index in [1.165, 1.54) is 16.8 Å². The van der Waals surface area contributed by atoms with Gasteiger partial charge in [0.2, 0.25) is 5.88 Å². The molecule has 7 heteroatoms. The molecular formula is C16H17ClFN3O2. The Balaban J connectivity index is 1.78. The number of nitrogens with one attached hydrogen (secondary N) is 1. The Kier molecular flexibility index (Phi) is 4.93. The fourth-order valence-electron chi connectivity index (χ4n) is 2.50. The molecule has 5 nitrogen and oxygen atoms in total. The van der Waals surface area contributed by atoms with E-state index in [0.717, 1.165) is 25.9 Å². The van der Waals surface area contributed by atoms with Gasteiger partial charge in [-0.05, 0) is 38.1 Å². The standard InChI is InChI=1S/C16H17ClFN3O2/c17-12-2-1-11(14(18)9-12)10-21-16(22)4-3-15(20-21)23-13-5-7-19-8-6-13/h1-4,9,13,19H,5-8,10H2. The fraction of sp³-hybridized carbons (Fsp3) is 0.375. The summed E-state index contributed by atoms with van der Waals surface area (Å²) < 4.78 is 20.9. The minimum Gasteiger partial charge on any atom is -0.473 e. The second-order valence-corrected chi connectivity index (χ2v) is 5.91. The highest BCUT2D eigenvalue weighted by atomic mass is 35.5. The van der Waals surface area contributed by atoms with Crippen LogP contribution in [-0.2, 0) is 6.54 Å². The van der Waals surface area contributed by atoms with Crippen LogP contribution in [0.1, 0.15) is 18.4 Å². The smallest absolute Gasteiger partial charge is 0.267 e. The van der Waals surface area contributed by atoms with Crippen LogP contribution in [0.4, 0.5) is 4.39 Å². The van der Waals surface area contributed by atoms with Gasteiger partial charge >= 0.3 is 0 Å². The van der Waals surface area contributed by atoms with Gasteiger partial charge in [0.05, 0.1) is 6.54 Å². The summed E-state index contributed by atoms with van der Waals surface area (Å²) in [5.74, 6) is -0.0817. The van der Waals surface area contributed by atoms with E-state index in [9.17, 15) is 9.18 Å². The van der Waals surface area contributed by atoms with Crippen LogP contribution in [0.2, 0.25) is 5.02 Å². The van der Waals surface area contributed by atoms with Crippen LogP contribution in [0, 0.1) is 5.82 Å². The van der Waals surface area contributed by atoms with Gasteiger partial charge in [-0.3, -0.25) is 4.79 Å². The highest BCUT2D eigenvalue weighted by molar-refractivity contribution is 6.30. The Morgan fingerprint density at radius 3 is 2.83 bits per heavy atom. The quantitative estimate of drug-likeness (QED) is 0.929. The predicted molar refractivity (Wildman–Crippen MR) is 85.5 cm³/mol. The van der Waals surface area contributed by atoms with Gasteiger partial charge in [0.15, 0.2) is 0 Å². The number of nitrogens with zero attached hydrogens (tertiary/aromatic N) is 2. The maximum Gasteiger partial charge on any atom is 0.267 e. The second kappa shape index (κ2) is 7.10. The number of ether oxygens (including phenoxy) is 1. The van der Waals surface area contributed by atoms with Crippen molar-refractivity contribution in [3.05, 3.63) is 57.1 Å². The molecule has 2 heterocycles. The molecule has 0 aliphatic carbocycles. The molecule has 1 aromatic carbocycles. The summed E-state index contributed by atoms with van der Waals surface area (Å²) in [6.07, 6.45) is 1.88. The molecule has 0 spiro atoms. The molecular weight excluding hydrogens is 321 g/mol. The van der Waals surface area contributed by atoms with Crippen LogP contribution in [0.15, 0.2) is 35.1 Å². The molecule has 1 fully saturated rings. The fourth-order valence-corrected chi connectivity index (χ4v) is 2.66. The van der Waals surface area contributed by atoms with Crippen LogP contribution in [0.5, 0.6) is 5.88 Å². The van der Waals surface area contributed by atoms with Crippen molar-refractivity contribution >= 4 is 11.6 Å². The Morgan fingerprint density at radius 1 is 1.30 bits per heavy atom. The average molecular weight is 338 g/mol. The number of piperidine rings is 1. The van der Waals surface area contributed by atoms with Crippen LogP contribution in [0.3, 0.4) is 0 Å².